The average molecular weight is 381 g/mol. The summed E-state index contributed by atoms with van der Waals surface area (Å²) in [5.74, 6) is -2.43. The molecular formula is C15H15N3O5S2. The number of carbonyl (C=O) groups is 4. The van der Waals surface area contributed by atoms with Crippen LogP contribution < -0.4 is 16.4 Å². The van der Waals surface area contributed by atoms with Crippen molar-refractivity contribution in [2.24, 2.45) is 5.73 Å². The van der Waals surface area contributed by atoms with Crippen molar-refractivity contribution in [3.63, 3.8) is 0 Å². The number of nitrogens with two attached hydrogens (primary N) is 1. The van der Waals surface area contributed by atoms with Crippen molar-refractivity contribution in [3.05, 3.63) is 39.4 Å². The van der Waals surface area contributed by atoms with Crippen LogP contribution in [0.1, 0.15) is 27.0 Å². The molecule has 8 nitrogen and oxygen atoms in total. The Morgan fingerprint density at radius 3 is 2.60 bits per heavy atom. The summed E-state index contributed by atoms with van der Waals surface area (Å²) in [6.45, 7) is 0.907. The molecule has 0 aliphatic carbocycles. The molecule has 0 aliphatic heterocycles. The Hall–Kier alpha value is -2.72. The van der Waals surface area contributed by atoms with Gasteiger partial charge in [0.1, 0.15) is 11.0 Å². The fraction of sp³-hybridized carbons (Fsp3) is 0.200. The standard InChI is InChI=1S/C15H15N3O5S2/c1-8(17-13(21)10-3-2-5-24-10)15(22)23-7-11(19)18-14-9(12(16)20)4-6-25-14/h2-6,8H,7H2,1H3,(H2,16,20)(H,17,21)(H,18,19). The smallest absolute Gasteiger partial charge is 0.328 e. The summed E-state index contributed by atoms with van der Waals surface area (Å²) in [6.07, 6.45) is 0. The van der Waals surface area contributed by atoms with E-state index in [0.29, 0.717) is 4.88 Å². The van der Waals surface area contributed by atoms with E-state index in [1.54, 1.807) is 22.9 Å². The van der Waals surface area contributed by atoms with Crippen molar-refractivity contribution in [1.29, 1.82) is 0 Å². The van der Waals surface area contributed by atoms with E-state index in [0.717, 1.165) is 11.3 Å². The number of primary amides is 1. The third kappa shape index (κ3) is 5.13. The lowest BCUT2D eigenvalue weighted by atomic mass is 10.3. The van der Waals surface area contributed by atoms with Crippen LogP contribution in [0, 0.1) is 0 Å². The highest BCUT2D eigenvalue weighted by atomic mass is 32.1. The third-order valence-corrected chi connectivity index (χ3v) is 4.67. The predicted molar refractivity (Wildman–Crippen MR) is 93.7 cm³/mol. The Labute approximate surface area is 151 Å². The Bertz CT molecular complexity index is 785. The summed E-state index contributed by atoms with van der Waals surface area (Å²) in [6, 6.07) is 3.92. The van der Waals surface area contributed by atoms with Crippen LogP contribution in [0.2, 0.25) is 0 Å². The minimum absolute atomic E-state index is 0.182. The van der Waals surface area contributed by atoms with Gasteiger partial charge in [-0.3, -0.25) is 14.4 Å². The molecular weight excluding hydrogens is 366 g/mol. The second kappa shape index (κ2) is 8.40. The first-order valence-corrected chi connectivity index (χ1v) is 8.82. The van der Waals surface area contributed by atoms with Gasteiger partial charge >= 0.3 is 5.97 Å². The van der Waals surface area contributed by atoms with Gasteiger partial charge in [-0.2, -0.15) is 0 Å². The number of rotatable bonds is 7. The highest BCUT2D eigenvalue weighted by molar-refractivity contribution is 7.14. The van der Waals surface area contributed by atoms with Gasteiger partial charge in [0, 0.05) is 0 Å². The van der Waals surface area contributed by atoms with Gasteiger partial charge in [0.05, 0.1) is 10.4 Å². The molecule has 0 aliphatic rings. The summed E-state index contributed by atoms with van der Waals surface area (Å²) in [4.78, 5) is 47.1. The van der Waals surface area contributed by atoms with Gasteiger partial charge in [-0.05, 0) is 29.8 Å². The molecule has 1 unspecified atom stereocenters. The van der Waals surface area contributed by atoms with Crippen LogP contribution in [0.15, 0.2) is 29.0 Å². The fourth-order valence-corrected chi connectivity index (χ4v) is 3.19. The lowest BCUT2D eigenvalue weighted by Crippen LogP contribution is -2.40. The number of ether oxygens (including phenoxy) is 1. The lowest BCUT2D eigenvalue weighted by Gasteiger charge is -2.12. The number of hydrogen-bond acceptors (Lipinski definition) is 7. The van der Waals surface area contributed by atoms with Crippen LogP contribution in [0.5, 0.6) is 0 Å². The maximum absolute atomic E-state index is 11.8. The van der Waals surface area contributed by atoms with E-state index in [9.17, 15) is 19.2 Å². The molecule has 10 heteroatoms. The molecule has 0 saturated carbocycles. The number of anilines is 1. The predicted octanol–water partition coefficient (Wildman–Crippen LogP) is 1.21. The first-order chi connectivity index (χ1) is 11.9. The van der Waals surface area contributed by atoms with Crippen LogP contribution >= 0.6 is 22.7 Å². The second-order valence-corrected chi connectivity index (χ2v) is 6.72. The summed E-state index contributed by atoms with van der Waals surface area (Å²) in [5.41, 5.74) is 5.36. The van der Waals surface area contributed by atoms with E-state index in [1.165, 1.54) is 24.3 Å². The highest BCUT2D eigenvalue weighted by Crippen LogP contribution is 2.22. The van der Waals surface area contributed by atoms with Crippen LogP contribution in [0.25, 0.3) is 0 Å². The van der Waals surface area contributed by atoms with Gasteiger partial charge in [0.25, 0.3) is 17.7 Å². The normalized spacial score (nSPS) is 11.4. The summed E-state index contributed by atoms with van der Waals surface area (Å²) in [7, 11) is 0. The van der Waals surface area contributed by atoms with E-state index in [2.05, 4.69) is 10.6 Å². The van der Waals surface area contributed by atoms with Crippen LogP contribution in [-0.4, -0.2) is 36.3 Å². The van der Waals surface area contributed by atoms with Crippen molar-refractivity contribution < 1.29 is 23.9 Å². The number of esters is 1. The van der Waals surface area contributed by atoms with Crippen molar-refractivity contribution in [1.82, 2.24) is 5.32 Å². The molecule has 0 radical (unpaired) electrons. The van der Waals surface area contributed by atoms with Crippen LogP contribution in [-0.2, 0) is 14.3 Å². The van der Waals surface area contributed by atoms with Crippen molar-refractivity contribution >= 4 is 51.4 Å². The van der Waals surface area contributed by atoms with Crippen molar-refractivity contribution in [2.45, 2.75) is 13.0 Å². The van der Waals surface area contributed by atoms with Gasteiger partial charge in [-0.1, -0.05) is 6.07 Å². The van der Waals surface area contributed by atoms with Gasteiger partial charge in [0.15, 0.2) is 6.61 Å². The molecule has 1 atom stereocenters. The first-order valence-electron chi connectivity index (χ1n) is 7.06. The van der Waals surface area contributed by atoms with Gasteiger partial charge < -0.3 is 21.1 Å². The Morgan fingerprint density at radius 2 is 1.96 bits per heavy atom. The second-order valence-electron chi connectivity index (χ2n) is 4.86. The average Bonchev–Trinajstić information content (AvgIpc) is 3.23. The molecule has 132 valence electrons. The molecule has 2 aromatic heterocycles. The molecule has 0 fully saturated rings. The van der Waals surface area contributed by atoms with E-state index >= 15 is 0 Å². The Balaban J connectivity index is 1.80. The minimum Gasteiger partial charge on any atom is -0.454 e. The lowest BCUT2D eigenvalue weighted by molar-refractivity contribution is -0.148. The molecule has 0 bridgehead atoms. The Morgan fingerprint density at radius 1 is 1.20 bits per heavy atom. The zero-order valence-corrected chi connectivity index (χ0v) is 14.7. The van der Waals surface area contributed by atoms with Crippen molar-refractivity contribution in [2.75, 3.05) is 11.9 Å². The zero-order valence-electron chi connectivity index (χ0n) is 13.1. The number of amides is 3. The number of hydrogen-bond donors (Lipinski definition) is 3. The van der Waals surface area contributed by atoms with Gasteiger partial charge in [-0.15, -0.1) is 22.7 Å². The van der Waals surface area contributed by atoms with Gasteiger partial charge in [0.2, 0.25) is 0 Å². The van der Waals surface area contributed by atoms with Crippen LogP contribution in [0.3, 0.4) is 0 Å². The molecule has 0 aromatic carbocycles. The maximum Gasteiger partial charge on any atom is 0.328 e. The maximum atomic E-state index is 11.8. The molecule has 2 aromatic rings. The van der Waals surface area contributed by atoms with Crippen LogP contribution in [0.4, 0.5) is 5.00 Å². The van der Waals surface area contributed by atoms with Crippen molar-refractivity contribution in [3.8, 4) is 0 Å². The summed E-state index contributed by atoms with van der Waals surface area (Å²) in [5, 5.41) is 8.56. The molecule has 0 saturated heterocycles. The Kier molecular flexibility index (Phi) is 6.25. The topological polar surface area (TPSA) is 128 Å². The van der Waals surface area contributed by atoms with E-state index in [1.807, 2.05) is 0 Å². The molecule has 2 heterocycles. The SMILES string of the molecule is CC(NC(=O)c1cccs1)C(=O)OCC(=O)Nc1sccc1C(N)=O. The van der Waals surface area contributed by atoms with Gasteiger partial charge in [-0.25, -0.2) is 4.79 Å². The zero-order chi connectivity index (χ0) is 18.4. The summed E-state index contributed by atoms with van der Waals surface area (Å²) >= 11 is 2.37. The molecule has 25 heavy (non-hydrogen) atoms. The monoisotopic (exact) mass is 381 g/mol. The van der Waals surface area contributed by atoms with E-state index in [-0.39, 0.29) is 10.6 Å². The largest absolute Gasteiger partial charge is 0.454 e. The third-order valence-electron chi connectivity index (χ3n) is 2.98. The highest BCUT2D eigenvalue weighted by Gasteiger charge is 2.20. The molecule has 4 N–H and O–H groups in total. The number of nitrogens with one attached hydrogen (secondary N) is 2. The fourth-order valence-electron chi connectivity index (χ4n) is 1.76. The minimum atomic E-state index is -0.912. The van der Waals surface area contributed by atoms with E-state index < -0.39 is 36.3 Å². The number of carbonyl (C=O) groups excluding carboxylic acids is 4. The number of thiophene rings is 2. The quantitative estimate of drug-likeness (QED) is 0.621. The molecule has 2 rings (SSSR count). The molecule has 0 spiro atoms. The first kappa shape index (κ1) is 18.6. The molecule has 3 amide bonds. The summed E-state index contributed by atoms with van der Waals surface area (Å²) < 4.78 is 4.86. The van der Waals surface area contributed by atoms with E-state index in [4.69, 9.17) is 10.5 Å².